The minimum atomic E-state index is -0.396. The Morgan fingerprint density at radius 2 is 1.73 bits per heavy atom. The van der Waals surface area contributed by atoms with Crippen LogP contribution in [0.1, 0.15) is 50.5 Å². The number of anilines is 2. The van der Waals surface area contributed by atoms with Crippen LogP contribution in [0.5, 0.6) is 5.88 Å². The first-order valence-corrected chi connectivity index (χ1v) is 15.1. The van der Waals surface area contributed by atoms with Crippen molar-refractivity contribution < 1.29 is 19.4 Å². The fourth-order valence-electron chi connectivity index (χ4n) is 5.38. The summed E-state index contributed by atoms with van der Waals surface area (Å²) >= 11 is 6.88. The summed E-state index contributed by atoms with van der Waals surface area (Å²) in [6.07, 6.45) is 0.835. The molecule has 2 aromatic carbocycles. The Labute approximate surface area is 267 Å². The lowest BCUT2D eigenvalue weighted by molar-refractivity contribution is 0.100. The number of benzene rings is 2. The number of halogens is 1. The fraction of sp³-hybridized carbons (Fsp3) is 0.333. The Balaban J connectivity index is 1.35. The number of hydrogen-bond donors (Lipinski definition) is 4. The molecule has 236 valence electrons. The number of aliphatic hydroxyl groups is 1. The normalized spacial score (nSPS) is 13.7. The molecule has 1 aliphatic rings. The monoisotopic (exact) mass is 631 g/mol. The van der Waals surface area contributed by atoms with E-state index in [1.807, 2.05) is 62.8 Å². The molecule has 1 atom stereocenters. The highest BCUT2D eigenvalue weighted by Crippen LogP contribution is 2.37. The number of methoxy groups -OCH3 is 1. The molecule has 4 N–H and O–H groups in total. The van der Waals surface area contributed by atoms with Gasteiger partial charge in [0, 0.05) is 61.7 Å². The van der Waals surface area contributed by atoms with Crippen LogP contribution in [0.15, 0.2) is 48.5 Å². The van der Waals surface area contributed by atoms with E-state index in [2.05, 4.69) is 30.8 Å². The molecule has 0 aliphatic carbocycles. The number of nitrogens with zero attached hydrogens (tertiary/aromatic N) is 4. The minimum absolute atomic E-state index is 0.00352. The molecule has 0 unspecified atom stereocenters. The molecular formula is C33H38ClN7O4. The number of carbonyl (C=O) groups excluding carboxylic acids is 2. The summed E-state index contributed by atoms with van der Waals surface area (Å²) in [4.78, 5) is 37.8. The maximum absolute atomic E-state index is 13.3. The van der Waals surface area contributed by atoms with Gasteiger partial charge in [0.25, 0.3) is 11.8 Å². The Morgan fingerprint density at radius 1 is 1.02 bits per heavy atom. The first-order chi connectivity index (χ1) is 21.6. The molecule has 3 heterocycles. The number of imidazole rings is 1. The van der Waals surface area contributed by atoms with E-state index in [0.29, 0.717) is 46.8 Å². The Hall–Kier alpha value is -4.29. The lowest BCUT2D eigenvalue weighted by Gasteiger charge is -2.21. The number of aromatic nitrogens is 3. The van der Waals surface area contributed by atoms with Crippen molar-refractivity contribution in [2.75, 3.05) is 37.9 Å². The third kappa shape index (κ3) is 6.86. The maximum atomic E-state index is 13.3. The zero-order chi connectivity index (χ0) is 32.2. The highest BCUT2D eigenvalue weighted by atomic mass is 35.5. The smallest absolute Gasteiger partial charge is 0.291 e. The molecule has 0 fully saturated rings. The van der Waals surface area contributed by atoms with Gasteiger partial charge in [-0.15, -0.1) is 0 Å². The van der Waals surface area contributed by atoms with Crippen molar-refractivity contribution in [3.8, 4) is 17.0 Å². The second kappa shape index (κ2) is 13.8. The van der Waals surface area contributed by atoms with Crippen molar-refractivity contribution in [1.82, 2.24) is 24.8 Å². The van der Waals surface area contributed by atoms with Crippen LogP contribution in [-0.4, -0.2) is 69.7 Å². The Kier molecular flexibility index (Phi) is 9.83. The molecular weight excluding hydrogens is 594 g/mol. The number of rotatable bonds is 10. The highest BCUT2D eigenvalue weighted by molar-refractivity contribution is 6.36. The van der Waals surface area contributed by atoms with E-state index < -0.39 is 5.91 Å². The van der Waals surface area contributed by atoms with E-state index in [-0.39, 0.29) is 24.2 Å². The van der Waals surface area contributed by atoms with Crippen LogP contribution in [0, 0.1) is 6.92 Å². The highest BCUT2D eigenvalue weighted by Gasteiger charge is 2.25. The number of pyridine rings is 1. The molecule has 4 aromatic rings. The van der Waals surface area contributed by atoms with Crippen molar-refractivity contribution in [3.05, 3.63) is 87.6 Å². The van der Waals surface area contributed by atoms with Gasteiger partial charge in [-0.1, -0.05) is 35.9 Å². The van der Waals surface area contributed by atoms with Crippen LogP contribution in [0.3, 0.4) is 0 Å². The molecule has 5 rings (SSSR count). The molecule has 0 saturated heterocycles. The van der Waals surface area contributed by atoms with Gasteiger partial charge in [-0.3, -0.25) is 9.59 Å². The summed E-state index contributed by atoms with van der Waals surface area (Å²) in [6.45, 7) is 5.82. The third-order valence-corrected chi connectivity index (χ3v) is 8.46. The molecule has 11 nitrogen and oxygen atoms in total. The standard InChI is InChI=1S/C33H38ClN7O4/c1-19(18-42)35-16-21-12-13-26(39-33(21)45-5)31(43)37-24-10-6-8-22(20(24)2)23-9-7-11-25(29(23)34)38-32(44)30-36-27-17-40(3)15-14-28(27)41(30)4/h6-13,19,35,42H,14-18H2,1-5H3,(H,37,43)(H,38,44)/t19-/m0/s1. The molecule has 0 saturated carbocycles. The van der Waals surface area contributed by atoms with Crippen molar-refractivity contribution in [1.29, 1.82) is 0 Å². The maximum Gasteiger partial charge on any atom is 0.291 e. The number of nitrogens with one attached hydrogen (secondary N) is 3. The summed E-state index contributed by atoms with van der Waals surface area (Å²) in [6, 6.07) is 14.3. The molecule has 0 radical (unpaired) electrons. The van der Waals surface area contributed by atoms with Crippen molar-refractivity contribution in [2.24, 2.45) is 7.05 Å². The largest absolute Gasteiger partial charge is 0.481 e. The quantitative estimate of drug-likeness (QED) is 0.202. The predicted octanol–water partition coefficient (Wildman–Crippen LogP) is 4.42. The van der Waals surface area contributed by atoms with Gasteiger partial charge in [-0.05, 0) is 56.3 Å². The Bertz CT molecular complexity index is 1740. The van der Waals surface area contributed by atoms with E-state index in [0.717, 1.165) is 41.0 Å². The first kappa shape index (κ1) is 32.1. The molecule has 0 bridgehead atoms. The topological polar surface area (TPSA) is 134 Å². The number of amides is 2. The minimum Gasteiger partial charge on any atom is -0.481 e. The molecule has 2 amide bonds. The second-order valence-corrected chi connectivity index (χ2v) is 11.6. The van der Waals surface area contributed by atoms with Crippen LogP contribution in [0.4, 0.5) is 11.4 Å². The van der Waals surface area contributed by atoms with Crippen LogP contribution in [0.2, 0.25) is 5.02 Å². The Morgan fingerprint density at radius 3 is 2.47 bits per heavy atom. The van der Waals surface area contributed by atoms with Gasteiger partial charge in [0.2, 0.25) is 5.88 Å². The van der Waals surface area contributed by atoms with E-state index in [1.54, 1.807) is 18.2 Å². The molecule has 45 heavy (non-hydrogen) atoms. The van der Waals surface area contributed by atoms with Gasteiger partial charge in [0.05, 0.1) is 30.1 Å². The summed E-state index contributed by atoms with van der Waals surface area (Å²) in [7, 11) is 5.40. The van der Waals surface area contributed by atoms with Crippen LogP contribution in [0.25, 0.3) is 11.1 Å². The molecule has 12 heteroatoms. The SMILES string of the molecule is COc1nc(C(=O)Nc2cccc(-c3cccc(NC(=O)c4nc5c(n4C)CCN(C)C5)c3Cl)c2C)ccc1CN[C@@H](C)CO. The zero-order valence-corrected chi connectivity index (χ0v) is 26.8. The van der Waals surface area contributed by atoms with E-state index in [1.165, 1.54) is 7.11 Å². The molecule has 2 aromatic heterocycles. The van der Waals surface area contributed by atoms with Gasteiger partial charge in [-0.25, -0.2) is 9.97 Å². The van der Waals surface area contributed by atoms with Crippen molar-refractivity contribution >= 4 is 34.8 Å². The number of fused-ring (bicyclic) bond motifs is 1. The van der Waals surface area contributed by atoms with Gasteiger partial charge in [-0.2, -0.15) is 0 Å². The second-order valence-electron chi connectivity index (χ2n) is 11.3. The predicted molar refractivity (Wildman–Crippen MR) is 175 cm³/mol. The van der Waals surface area contributed by atoms with Crippen molar-refractivity contribution in [3.63, 3.8) is 0 Å². The number of hydrogen-bond acceptors (Lipinski definition) is 8. The van der Waals surface area contributed by atoms with Crippen LogP contribution >= 0.6 is 11.6 Å². The van der Waals surface area contributed by atoms with E-state index in [4.69, 9.17) is 16.3 Å². The summed E-state index contributed by atoms with van der Waals surface area (Å²) in [5.74, 6) is -0.0619. The summed E-state index contributed by atoms with van der Waals surface area (Å²) in [5.41, 5.74) is 6.31. The number of likely N-dealkylation sites (N-methyl/N-ethyl adjacent to an activating group) is 1. The number of carbonyl (C=O) groups is 2. The van der Waals surface area contributed by atoms with Gasteiger partial charge >= 0.3 is 0 Å². The summed E-state index contributed by atoms with van der Waals surface area (Å²) in [5, 5.41) is 18.7. The van der Waals surface area contributed by atoms with Crippen LogP contribution < -0.4 is 20.7 Å². The average molecular weight is 632 g/mol. The lowest BCUT2D eigenvalue weighted by atomic mass is 9.98. The molecule has 1 aliphatic heterocycles. The third-order valence-electron chi connectivity index (χ3n) is 8.05. The zero-order valence-electron chi connectivity index (χ0n) is 26.1. The van der Waals surface area contributed by atoms with Crippen LogP contribution in [-0.2, 0) is 26.6 Å². The summed E-state index contributed by atoms with van der Waals surface area (Å²) < 4.78 is 7.28. The lowest BCUT2D eigenvalue weighted by Crippen LogP contribution is -2.29. The first-order valence-electron chi connectivity index (χ1n) is 14.7. The van der Waals surface area contributed by atoms with Gasteiger partial charge in [0.1, 0.15) is 5.69 Å². The number of aliphatic hydroxyl groups excluding tert-OH is 1. The van der Waals surface area contributed by atoms with E-state index >= 15 is 0 Å². The average Bonchev–Trinajstić information content (AvgIpc) is 3.36. The number of ether oxygens (including phenoxy) is 1. The molecule has 0 spiro atoms. The van der Waals surface area contributed by atoms with Crippen molar-refractivity contribution in [2.45, 2.75) is 39.4 Å². The van der Waals surface area contributed by atoms with Gasteiger partial charge < -0.3 is 35.3 Å². The van der Waals surface area contributed by atoms with Gasteiger partial charge in [0.15, 0.2) is 5.82 Å². The fourth-order valence-corrected chi connectivity index (χ4v) is 5.66. The van der Waals surface area contributed by atoms with E-state index in [9.17, 15) is 14.7 Å².